The standard InChI is InChI=1S/C29H23F3N4O2/c30-29(31,32)21-11-8-18(9-12-21)22-5-1-2-6-24(22)26(37)20-10-13-23-19(17-20)14-16-36(27(23)33)28(38)35-25-7-3-4-15-34-25/h1-13,15,17,27H,14,16,33H2,(H,34,35,38). The second kappa shape index (κ2) is 10.1. The van der Waals surface area contributed by atoms with E-state index in [-0.39, 0.29) is 11.8 Å². The minimum absolute atomic E-state index is 0.257. The molecule has 1 atom stereocenters. The number of carbonyl (C=O) groups is 2. The first-order valence-corrected chi connectivity index (χ1v) is 11.9. The summed E-state index contributed by atoms with van der Waals surface area (Å²) in [7, 11) is 0. The molecule has 0 radical (unpaired) electrons. The molecule has 0 saturated heterocycles. The molecule has 0 bridgehead atoms. The first-order valence-electron chi connectivity index (χ1n) is 11.9. The lowest BCUT2D eigenvalue weighted by Crippen LogP contribution is -2.46. The Morgan fingerprint density at radius 1 is 0.947 bits per heavy atom. The number of rotatable bonds is 4. The second-order valence-corrected chi connectivity index (χ2v) is 8.90. The highest BCUT2D eigenvalue weighted by atomic mass is 19.4. The summed E-state index contributed by atoms with van der Waals surface area (Å²) in [4.78, 5) is 31.9. The number of benzene rings is 3. The SMILES string of the molecule is NC1c2ccc(C(=O)c3ccccc3-c3ccc(C(F)(F)F)cc3)cc2CCN1C(=O)Nc1ccccn1. The van der Waals surface area contributed by atoms with Crippen LogP contribution in [0.1, 0.15) is 38.8 Å². The molecule has 0 fully saturated rings. The maximum absolute atomic E-state index is 13.5. The van der Waals surface area contributed by atoms with Crippen LogP contribution >= 0.6 is 0 Å². The van der Waals surface area contributed by atoms with Crippen molar-refractivity contribution in [3.05, 3.63) is 119 Å². The van der Waals surface area contributed by atoms with Crippen LogP contribution in [-0.4, -0.2) is 28.2 Å². The molecular weight excluding hydrogens is 493 g/mol. The molecule has 0 saturated carbocycles. The van der Waals surface area contributed by atoms with Gasteiger partial charge in [0.05, 0.1) is 5.56 Å². The number of carbonyl (C=O) groups excluding carboxylic acids is 2. The number of urea groups is 1. The molecular formula is C29H23F3N4O2. The maximum atomic E-state index is 13.5. The van der Waals surface area contributed by atoms with E-state index < -0.39 is 17.9 Å². The van der Waals surface area contributed by atoms with Gasteiger partial charge >= 0.3 is 12.2 Å². The molecule has 1 aromatic heterocycles. The van der Waals surface area contributed by atoms with Crippen LogP contribution in [0, 0.1) is 0 Å². The predicted molar refractivity (Wildman–Crippen MR) is 137 cm³/mol. The van der Waals surface area contributed by atoms with E-state index in [4.69, 9.17) is 5.73 Å². The van der Waals surface area contributed by atoms with Crippen LogP contribution in [0.15, 0.2) is 91.1 Å². The molecule has 3 N–H and O–H groups in total. The summed E-state index contributed by atoms with van der Waals surface area (Å²) in [6, 6.07) is 21.6. The predicted octanol–water partition coefficient (Wildman–Crippen LogP) is 6.05. The van der Waals surface area contributed by atoms with E-state index in [1.807, 2.05) is 0 Å². The minimum atomic E-state index is -4.44. The Hall–Kier alpha value is -4.50. The van der Waals surface area contributed by atoms with Gasteiger partial charge in [-0.05, 0) is 59.0 Å². The highest BCUT2D eigenvalue weighted by Crippen LogP contribution is 2.33. The van der Waals surface area contributed by atoms with Crippen molar-refractivity contribution < 1.29 is 22.8 Å². The third-order valence-corrected chi connectivity index (χ3v) is 6.54. The Morgan fingerprint density at radius 2 is 1.68 bits per heavy atom. The highest BCUT2D eigenvalue weighted by molar-refractivity contribution is 6.13. The van der Waals surface area contributed by atoms with Gasteiger partial charge in [0, 0.05) is 23.9 Å². The summed E-state index contributed by atoms with van der Waals surface area (Å²) in [5.74, 6) is 0.162. The molecule has 192 valence electrons. The smallest absolute Gasteiger partial charge is 0.307 e. The first kappa shape index (κ1) is 25.2. The quantitative estimate of drug-likeness (QED) is 0.324. The largest absolute Gasteiger partial charge is 0.416 e. The lowest BCUT2D eigenvalue weighted by Gasteiger charge is -2.35. The Labute approximate surface area is 216 Å². The number of aromatic nitrogens is 1. The van der Waals surface area contributed by atoms with Crippen molar-refractivity contribution in [1.29, 1.82) is 0 Å². The van der Waals surface area contributed by atoms with E-state index in [0.29, 0.717) is 41.0 Å². The van der Waals surface area contributed by atoms with Crippen LogP contribution in [0.5, 0.6) is 0 Å². The molecule has 6 nitrogen and oxygen atoms in total. The molecule has 4 aromatic rings. The third kappa shape index (κ3) is 5.01. The summed E-state index contributed by atoms with van der Waals surface area (Å²) < 4.78 is 39.0. The van der Waals surface area contributed by atoms with E-state index in [2.05, 4.69) is 10.3 Å². The van der Waals surface area contributed by atoms with E-state index in [0.717, 1.165) is 23.3 Å². The van der Waals surface area contributed by atoms with Gasteiger partial charge in [0.25, 0.3) is 0 Å². The van der Waals surface area contributed by atoms with Gasteiger partial charge in [-0.1, -0.05) is 54.6 Å². The summed E-state index contributed by atoms with van der Waals surface area (Å²) in [5, 5.41) is 2.74. The highest BCUT2D eigenvalue weighted by Gasteiger charge is 2.31. The summed E-state index contributed by atoms with van der Waals surface area (Å²) in [6.45, 7) is 0.354. The fraction of sp³-hybridized carbons (Fsp3) is 0.138. The number of hydrogen-bond donors (Lipinski definition) is 2. The van der Waals surface area contributed by atoms with Gasteiger partial charge in [0.15, 0.2) is 5.78 Å². The van der Waals surface area contributed by atoms with Gasteiger partial charge in [-0.3, -0.25) is 10.1 Å². The molecule has 1 aliphatic rings. The topological polar surface area (TPSA) is 88.3 Å². The van der Waals surface area contributed by atoms with Crippen LogP contribution in [0.4, 0.5) is 23.8 Å². The van der Waals surface area contributed by atoms with Crippen LogP contribution in [0.3, 0.4) is 0 Å². The molecule has 9 heteroatoms. The van der Waals surface area contributed by atoms with Crippen molar-refractivity contribution >= 4 is 17.6 Å². The zero-order chi connectivity index (χ0) is 26.9. The number of pyridine rings is 1. The number of nitrogens with one attached hydrogen (secondary N) is 1. The number of amides is 2. The summed E-state index contributed by atoms with van der Waals surface area (Å²) in [6.07, 6.45) is -3.06. The average molecular weight is 517 g/mol. The van der Waals surface area contributed by atoms with Gasteiger partial charge < -0.3 is 10.6 Å². The first-order chi connectivity index (χ1) is 18.2. The van der Waals surface area contributed by atoms with Crippen LogP contribution in [0.2, 0.25) is 0 Å². The van der Waals surface area contributed by atoms with Crippen LogP contribution < -0.4 is 11.1 Å². The molecule has 2 heterocycles. The van der Waals surface area contributed by atoms with E-state index in [1.165, 1.54) is 17.0 Å². The Morgan fingerprint density at radius 3 is 2.39 bits per heavy atom. The number of alkyl halides is 3. The van der Waals surface area contributed by atoms with Crippen molar-refractivity contribution in [2.45, 2.75) is 18.8 Å². The fourth-order valence-corrected chi connectivity index (χ4v) is 4.57. The number of fused-ring (bicyclic) bond motifs is 1. The van der Waals surface area contributed by atoms with Crippen molar-refractivity contribution in [1.82, 2.24) is 9.88 Å². The molecule has 5 rings (SSSR count). The summed E-state index contributed by atoms with van der Waals surface area (Å²) >= 11 is 0. The normalized spacial score (nSPS) is 15.1. The molecule has 1 unspecified atom stereocenters. The zero-order valence-corrected chi connectivity index (χ0v) is 20.1. The molecule has 38 heavy (non-hydrogen) atoms. The van der Waals surface area contributed by atoms with Gasteiger partial charge in [0.2, 0.25) is 0 Å². The molecule has 1 aliphatic heterocycles. The van der Waals surface area contributed by atoms with Crippen molar-refractivity contribution in [2.24, 2.45) is 5.73 Å². The number of ketones is 1. The van der Waals surface area contributed by atoms with Crippen LogP contribution in [-0.2, 0) is 12.6 Å². The number of nitrogens with zero attached hydrogens (tertiary/aromatic N) is 2. The number of halogens is 3. The average Bonchev–Trinajstić information content (AvgIpc) is 2.93. The lowest BCUT2D eigenvalue weighted by molar-refractivity contribution is -0.137. The van der Waals surface area contributed by atoms with Gasteiger partial charge in [-0.2, -0.15) is 13.2 Å². The van der Waals surface area contributed by atoms with E-state index >= 15 is 0 Å². The van der Waals surface area contributed by atoms with Crippen molar-refractivity contribution in [3.8, 4) is 11.1 Å². The minimum Gasteiger partial charge on any atom is -0.307 e. The van der Waals surface area contributed by atoms with E-state index in [1.54, 1.807) is 66.9 Å². The van der Waals surface area contributed by atoms with Crippen LogP contribution in [0.25, 0.3) is 11.1 Å². The fourth-order valence-electron chi connectivity index (χ4n) is 4.57. The van der Waals surface area contributed by atoms with Crippen molar-refractivity contribution in [3.63, 3.8) is 0 Å². The third-order valence-electron chi connectivity index (χ3n) is 6.54. The summed E-state index contributed by atoms with van der Waals surface area (Å²) in [5.41, 5.74) is 9.11. The van der Waals surface area contributed by atoms with Gasteiger partial charge in [-0.15, -0.1) is 0 Å². The Kier molecular flexibility index (Phi) is 6.69. The molecule has 0 aliphatic carbocycles. The van der Waals surface area contributed by atoms with Gasteiger partial charge in [-0.25, -0.2) is 9.78 Å². The molecule has 3 aromatic carbocycles. The number of nitrogens with two attached hydrogens (primary N) is 1. The van der Waals surface area contributed by atoms with E-state index in [9.17, 15) is 22.8 Å². The molecule has 2 amide bonds. The molecule has 0 spiro atoms. The monoisotopic (exact) mass is 516 g/mol. The van der Waals surface area contributed by atoms with Crippen molar-refractivity contribution in [2.75, 3.05) is 11.9 Å². The second-order valence-electron chi connectivity index (χ2n) is 8.90. The Bertz CT molecular complexity index is 1490. The number of hydrogen-bond acceptors (Lipinski definition) is 4. The maximum Gasteiger partial charge on any atom is 0.416 e. The zero-order valence-electron chi connectivity index (χ0n) is 20.1. The Balaban J connectivity index is 1.38. The lowest BCUT2D eigenvalue weighted by atomic mass is 9.90. The number of anilines is 1. The van der Waals surface area contributed by atoms with Gasteiger partial charge in [0.1, 0.15) is 12.0 Å².